The van der Waals surface area contributed by atoms with Gasteiger partial charge in [0, 0.05) is 23.4 Å². The summed E-state index contributed by atoms with van der Waals surface area (Å²) in [4.78, 5) is 2.69. The topological polar surface area (TPSA) is 23.5 Å². The van der Waals surface area contributed by atoms with E-state index in [0.29, 0.717) is 17.3 Å². The molecule has 4 atom stereocenters. The quantitative estimate of drug-likeness (QED) is 0.778. The fraction of sp³-hybridized carbons (Fsp3) is 0.895. The van der Waals surface area contributed by atoms with Crippen molar-refractivity contribution in [2.75, 3.05) is 13.1 Å². The number of aliphatic hydroxyl groups is 1. The number of aliphatic hydroxyl groups excluding tert-OH is 1. The van der Waals surface area contributed by atoms with Crippen LogP contribution >= 0.6 is 0 Å². The van der Waals surface area contributed by atoms with E-state index in [1.54, 1.807) is 0 Å². The second kappa shape index (κ2) is 5.70. The van der Waals surface area contributed by atoms with Crippen LogP contribution in [0.3, 0.4) is 0 Å². The van der Waals surface area contributed by atoms with Crippen molar-refractivity contribution < 1.29 is 5.11 Å². The van der Waals surface area contributed by atoms with Crippen LogP contribution in [0.15, 0.2) is 12.2 Å². The maximum atomic E-state index is 10.6. The Bertz CT molecular complexity index is 402. The maximum absolute atomic E-state index is 10.6. The van der Waals surface area contributed by atoms with E-state index in [-0.39, 0.29) is 11.6 Å². The van der Waals surface area contributed by atoms with E-state index in [2.05, 4.69) is 37.8 Å². The summed E-state index contributed by atoms with van der Waals surface area (Å²) in [6.07, 6.45) is 13.6. The van der Waals surface area contributed by atoms with Crippen molar-refractivity contribution >= 4 is 0 Å². The van der Waals surface area contributed by atoms with E-state index >= 15 is 0 Å². The van der Waals surface area contributed by atoms with Crippen LogP contribution in [0.4, 0.5) is 0 Å². The van der Waals surface area contributed by atoms with Crippen LogP contribution in [-0.2, 0) is 0 Å². The molecule has 2 fully saturated rings. The third-order valence-corrected chi connectivity index (χ3v) is 6.70. The van der Waals surface area contributed by atoms with Gasteiger partial charge in [-0.2, -0.15) is 0 Å². The lowest BCUT2D eigenvalue weighted by molar-refractivity contribution is -0.0392. The van der Waals surface area contributed by atoms with Crippen LogP contribution in [-0.4, -0.2) is 34.7 Å². The zero-order chi connectivity index (χ0) is 15.1. The van der Waals surface area contributed by atoms with E-state index < -0.39 is 0 Å². The molecule has 1 saturated heterocycles. The van der Waals surface area contributed by atoms with Gasteiger partial charge < -0.3 is 5.11 Å². The molecule has 0 aromatic rings. The molecule has 2 nitrogen and oxygen atoms in total. The zero-order valence-corrected chi connectivity index (χ0v) is 14.1. The second-order valence-corrected chi connectivity index (χ2v) is 8.57. The summed E-state index contributed by atoms with van der Waals surface area (Å²) in [5.74, 6) is 1.13. The van der Waals surface area contributed by atoms with Crippen LogP contribution in [0, 0.1) is 17.3 Å². The molecule has 0 radical (unpaired) electrons. The van der Waals surface area contributed by atoms with Crippen molar-refractivity contribution in [3.8, 4) is 0 Å². The Balaban J connectivity index is 1.71. The third-order valence-electron chi connectivity index (χ3n) is 6.70. The van der Waals surface area contributed by atoms with E-state index in [9.17, 15) is 5.11 Å². The number of rotatable bonds is 2. The molecule has 3 rings (SSSR count). The Morgan fingerprint density at radius 3 is 2.71 bits per heavy atom. The number of hydrogen-bond acceptors (Lipinski definition) is 2. The van der Waals surface area contributed by atoms with Crippen molar-refractivity contribution in [3.63, 3.8) is 0 Å². The van der Waals surface area contributed by atoms with Gasteiger partial charge in [0.25, 0.3) is 0 Å². The predicted octanol–water partition coefficient (Wildman–Crippen LogP) is 3.99. The highest BCUT2D eigenvalue weighted by molar-refractivity contribution is 5.10. The molecular formula is C19H33NO. The molecule has 1 N–H and O–H groups in total. The molecule has 2 aliphatic carbocycles. The van der Waals surface area contributed by atoms with Crippen molar-refractivity contribution in [3.05, 3.63) is 12.2 Å². The van der Waals surface area contributed by atoms with Gasteiger partial charge in [-0.05, 0) is 64.8 Å². The van der Waals surface area contributed by atoms with E-state index in [0.717, 1.165) is 6.42 Å². The average molecular weight is 291 g/mol. The van der Waals surface area contributed by atoms with Crippen LogP contribution in [0.25, 0.3) is 0 Å². The van der Waals surface area contributed by atoms with Crippen molar-refractivity contribution in [2.24, 2.45) is 17.3 Å². The van der Waals surface area contributed by atoms with E-state index in [1.165, 1.54) is 51.6 Å². The van der Waals surface area contributed by atoms with Gasteiger partial charge in [0.05, 0.1) is 6.10 Å². The lowest BCUT2D eigenvalue weighted by Crippen LogP contribution is -2.54. The number of likely N-dealkylation sites (tertiary alicyclic amines) is 1. The van der Waals surface area contributed by atoms with Crippen LogP contribution < -0.4 is 0 Å². The smallest absolute Gasteiger partial charge is 0.0588 e. The van der Waals surface area contributed by atoms with Gasteiger partial charge in [-0.3, -0.25) is 4.90 Å². The van der Waals surface area contributed by atoms with Gasteiger partial charge in [0.15, 0.2) is 0 Å². The molecule has 1 saturated carbocycles. The first-order chi connectivity index (χ1) is 9.93. The third kappa shape index (κ3) is 2.94. The molecule has 2 heteroatoms. The molecule has 3 aliphatic rings. The van der Waals surface area contributed by atoms with Crippen LogP contribution in [0.5, 0.6) is 0 Å². The predicted molar refractivity (Wildman–Crippen MR) is 88.2 cm³/mol. The zero-order valence-electron chi connectivity index (χ0n) is 14.1. The SMILES string of the molecule is C[C@@H]1CC[C@@H](C(C)(C)N2CC[C@@]3(C=CCCC3)C2)[C@H](O)C1. The molecule has 0 amide bonds. The maximum Gasteiger partial charge on any atom is 0.0588 e. The highest BCUT2D eigenvalue weighted by Gasteiger charge is 2.47. The van der Waals surface area contributed by atoms with Crippen molar-refractivity contribution in [2.45, 2.75) is 77.4 Å². The van der Waals surface area contributed by atoms with Crippen molar-refractivity contribution in [1.82, 2.24) is 4.90 Å². The minimum absolute atomic E-state index is 0.109. The summed E-state index contributed by atoms with van der Waals surface area (Å²) in [5.41, 5.74) is 0.580. The van der Waals surface area contributed by atoms with Gasteiger partial charge in [-0.1, -0.05) is 25.5 Å². The number of hydrogen-bond donors (Lipinski definition) is 1. The Morgan fingerprint density at radius 1 is 1.24 bits per heavy atom. The van der Waals surface area contributed by atoms with Gasteiger partial charge in [0.1, 0.15) is 0 Å². The van der Waals surface area contributed by atoms with Crippen molar-refractivity contribution in [1.29, 1.82) is 0 Å². The summed E-state index contributed by atoms with van der Waals surface area (Å²) in [6.45, 7) is 9.44. The Morgan fingerprint density at radius 2 is 2.05 bits per heavy atom. The van der Waals surface area contributed by atoms with Gasteiger partial charge in [-0.25, -0.2) is 0 Å². The van der Waals surface area contributed by atoms with Crippen LogP contribution in [0.1, 0.15) is 65.7 Å². The summed E-state index contributed by atoms with van der Waals surface area (Å²) in [7, 11) is 0. The number of allylic oxidation sites excluding steroid dienone is 1. The minimum Gasteiger partial charge on any atom is -0.393 e. The normalized spacial score (nSPS) is 41.8. The van der Waals surface area contributed by atoms with Gasteiger partial charge in [0.2, 0.25) is 0 Å². The molecular weight excluding hydrogens is 258 g/mol. The van der Waals surface area contributed by atoms with Gasteiger partial charge >= 0.3 is 0 Å². The largest absolute Gasteiger partial charge is 0.393 e. The molecule has 0 aromatic carbocycles. The summed E-state index contributed by atoms with van der Waals surface area (Å²) >= 11 is 0. The summed E-state index contributed by atoms with van der Waals surface area (Å²) < 4.78 is 0. The fourth-order valence-corrected chi connectivity index (χ4v) is 5.13. The Hall–Kier alpha value is -0.340. The van der Waals surface area contributed by atoms with E-state index in [1.807, 2.05) is 0 Å². The Kier molecular flexibility index (Phi) is 4.22. The highest BCUT2D eigenvalue weighted by Crippen LogP contribution is 2.46. The molecule has 120 valence electrons. The summed E-state index contributed by atoms with van der Waals surface area (Å²) in [6, 6.07) is 0. The van der Waals surface area contributed by atoms with Crippen LogP contribution in [0.2, 0.25) is 0 Å². The molecule has 0 bridgehead atoms. The first-order valence-corrected chi connectivity index (χ1v) is 9.04. The Labute approximate surface area is 130 Å². The minimum atomic E-state index is -0.109. The lowest BCUT2D eigenvalue weighted by atomic mass is 9.71. The molecule has 1 aliphatic heterocycles. The first kappa shape index (κ1) is 15.6. The van der Waals surface area contributed by atoms with Gasteiger partial charge in [-0.15, -0.1) is 0 Å². The molecule has 1 heterocycles. The molecule has 0 aromatic heterocycles. The first-order valence-electron chi connectivity index (χ1n) is 9.04. The summed E-state index contributed by atoms with van der Waals surface area (Å²) in [5, 5.41) is 10.6. The highest BCUT2D eigenvalue weighted by atomic mass is 16.3. The monoisotopic (exact) mass is 291 g/mol. The van der Waals surface area contributed by atoms with E-state index in [4.69, 9.17) is 0 Å². The molecule has 21 heavy (non-hydrogen) atoms. The number of nitrogens with zero attached hydrogens (tertiary/aromatic N) is 1. The lowest BCUT2D eigenvalue weighted by Gasteiger charge is -2.47. The average Bonchev–Trinajstić information content (AvgIpc) is 2.83. The standard InChI is InChI=1S/C19H33NO/c1-15-7-8-16(17(21)13-15)18(2,3)20-12-11-19(14-20)9-5-4-6-10-19/h5,9,15-17,21H,4,6-8,10-14H2,1-3H3/t15-,16-,17-,19+/m1/s1. The second-order valence-electron chi connectivity index (χ2n) is 8.57. The fourth-order valence-electron chi connectivity index (χ4n) is 5.13. The molecule has 0 unspecified atom stereocenters. The molecule has 1 spiro atoms.